The summed E-state index contributed by atoms with van der Waals surface area (Å²) in [5, 5.41) is 9.65. The lowest BCUT2D eigenvalue weighted by Gasteiger charge is -2.31. The third kappa shape index (κ3) is 3.04. The molecule has 1 amide bonds. The molecule has 20 heavy (non-hydrogen) atoms. The molecule has 0 radical (unpaired) electrons. The molecule has 0 atom stereocenters. The number of carboxylic acid groups (broad SMARTS) is 1. The number of hydrogen-bond acceptors (Lipinski definition) is 3. The molecule has 1 fully saturated rings. The summed E-state index contributed by atoms with van der Waals surface area (Å²) in [7, 11) is 0. The van der Waals surface area contributed by atoms with E-state index in [4.69, 9.17) is 17.3 Å². The number of nitrogens with two attached hydrogens (primary N) is 1. The van der Waals surface area contributed by atoms with E-state index in [1.807, 2.05) is 0 Å². The van der Waals surface area contributed by atoms with Crippen molar-refractivity contribution in [2.24, 2.45) is 5.73 Å². The van der Waals surface area contributed by atoms with Crippen molar-refractivity contribution in [2.45, 2.75) is 31.7 Å². The molecule has 2 rings (SSSR count). The Morgan fingerprint density at radius 3 is 2.55 bits per heavy atom. The number of carbonyl (C=O) groups excluding carboxylic acids is 1. The molecule has 0 heterocycles. The van der Waals surface area contributed by atoms with E-state index in [0.29, 0.717) is 10.7 Å². The van der Waals surface area contributed by atoms with Gasteiger partial charge in [-0.05, 0) is 25.0 Å². The highest BCUT2D eigenvalue weighted by molar-refractivity contribution is 6.34. The lowest BCUT2D eigenvalue weighted by molar-refractivity contribution is -0.116. The number of nitrogens with zero attached hydrogens (tertiary/aromatic N) is 1. The third-order valence-electron chi connectivity index (χ3n) is 3.60. The molecule has 1 aromatic rings. The van der Waals surface area contributed by atoms with Gasteiger partial charge in [-0.2, -0.15) is 0 Å². The van der Waals surface area contributed by atoms with Gasteiger partial charge in [0, 0.05) is 6.04 Å². The zero-order valence-corrected chi connectivity index (χ0v) is 11.8. The Labute approximate surface area is 122 Å². The molecule has 5 nitrogen and oxygen atoms in total. The molecule has 0 bridgehead atoms. The van der Waals surface area contributed by atoms with Gasteiger partial charge < -0.3 is 15.7 Å². The van der Waals surface area contributed by atoms with Crippen LogP contribution < -0.4 is 10.6 Å². The van der Waals surface area contributed by atoms with E-state index >= 15 is 0 Å². The first kappa shape index (κ1) is 14.7. The highest BCUT2D eigenvalue weighted by atomic mass is 35.5. The van der Waals surface area contributed by atoms with Gasteiger partial charge in [-0.25, -0.2) is 4.79 Å². The van der Waals surface area contributed by atoms with Crippen LogP contribution in [0, 0.1) is 0 Å². The second-order valence-corrected chi connectivity index (χ2v) is 5.38. The van der Waals surface area contributed by atoms with Crippen LogP contribution in [0.1, 0.15) is 36.0 Å². The number of primary amides is 1. The maximum atomic E-state index is 11.4. The molecule has 3 N–H and O–H groups in total. The molecule has 6 heteroatoms. The second-order valence-electron chi connectivity index (χ2n) is 4.97. The lowest BCUT2D eigenvalue weighted by Crippen LogP contribution is -2.41. The number of halogens is 1. The smallest absolute Gasteiger partial charge is 0.337 e. The van der Waals surface area contributed by atoms with Crippen molar-refractivity contribution >= 4 is 29.2 Å². The van der Waals surface area contributed by atoms with Crippen molar-refractivity contribution in [1.82, 2.24) is 0 Å². The fraction of sp³-hybridized carbons (Fsp3) is 0.429. The maximum absolute atomic E-state index is 11.4. The Kier molecular flexibility index (Phi) is 4.49. The van der Waals surface area contributed by atoms with E-state index in [1.54, 1.807) is 17.0 Å². The van der Waals surface area contributed by atoms with E-state index in [-0.39, 0.29) is 18.2 Å². The first-order valence-corrected chi connectivity index (χ1v) is 6.95. The van der Waals surface area contributed by atoms with Crippen molar-refractivity contribution in [1.29, 1.82) is 0 Å². The minimum Gasteiger partial charge on any atom is -0.478 e. The summed E-state index contributed by atoms with van der Waals surface area (Å²) in [5.74, 6) is -1.55. The molecule has 0 unspecified atom stereocenters. The quantitative estimate of drug-likeness (QED) is 0.873. The number of hydrogen-bond donors (Lipinski definition) is 2. The van der Waals surface area contributed by atoms with E-state index in [0.717, 1.165) is 25.7 Å². The largest absolute Gasteiger partial charge is 0.478 e. The Morgan fingerprint density at radius 1 is 1.35 bits per heavy atom. The van der Waals surface area contributed by atoms with Crippen molar-refractivity contribution < 1.29 is 14.7 Å². The van der Waals surface area contributed by atoms with Crippen LogP contribution in [0.2, 0.25) is 5.02 Å². The van der Waals surface area contributed by atoms with Gasteiger partial charge in [0.05, 0.1) is 22.8 Å². The van der Waals surface area contributed by atoms with Crippen molar-refractivity contribution in [3.8, 4) is 0 Å². The van der Waals surface area contributed by atoms with Crippen LogP contribution in [0.5, 0.6) is 0 Å². The minimum atomic E-state index is -1.06. The third-order valence-corrected chi connectivity index (χ3v) is 3.90. The van der Waals surface area contributed by atoms with Crippen molar-refractivity contribution in [3.05, 3.63) is 28.8 Å². The van der Waals surface area contributed by atoms with Crippen LogP contribution in [0.3, 0.4) is 0 Å². The fourth-order valence-electron chi connectivity index (χ4n) is 2.75. The Hall–Kier alpha value is -1.75. The van der Waals surface area contributed by atoms with E-state index < -0.39 is 11.9 Å². The number of amides is 1. The van der Waals surface area contributed by atoms with Gasteiger partial charge in [0.15, 0.2) is 0 Å². The first-order chi connectivity index (χ1) is 9.50. The average molecular weight is 297 g/mol. The van der Waals surface area contributed by atoms with Gasteiger partial charge in [-0.15, -0.1) is 0 Å². The molecular formula is C14H17ClN2O3. The molecule has 108 valence electrons. The number of carboxylic acids is 1. The second kappa shape index (κ2) is 6.13. The molecule has 1 aliphatic rings. The molecule has 1 aromatic carbocycles. The first-order valence-electron chi connectivity index (χ1n) is 6.57. The molecule has 1 aliphatic carbocycles. The van der Waals surface area contributed by atoms with Crippen LogP contribution in [0.25, 0.3) is 0 Å². The number of aromatic carboxylic acids is 1. The van der Waals surface area contributed by atoms with E-state index in [1.165, 1.54) is 6.07 Å². The monoisotopic (exact) mass is 296 g/mol. The van der Waals surface area contributed by atoms with E-state index in [2.05, 4.69) is 0 Å². The normalized spacial score (nSPS) is 15.2. The van der Waals surface area contributed by atoms with Gasteiger partial charge in [0.25, 0.3) is 0 Å². The summed E-state index contributed by atoms with van der Waals surface area (Å²) in [6.45, 7) is -0.0192. The number of anilines is 1. The predicted octanol–water partition coefficient (Wildman–Crippen LogP) is 2.27. The molecule has 0 aliphatic heterocycles. The molecule has 1 saturated carbocycles. The van der Waals surface area contributed by atoms with Crippen LogP contribution in [0.4, 0.5) is 5.69 Å². The summed E-state index contributed by atoms with van der Waals surface area (Å²) in [6.07, 6.45) is 3.95. The van der Waals surface area contributed by atoms with Gasteiger partial charge in [0.2, 0.25) is 5.91 Å². The Balaban J connectivity index is 2.46. The number of benzene rings is 1. The van der Waals surface area contributed by atoms with Crippen molar-refractivity contribution in [3.63, 3.8) is 0 Å². The number of carbonyl (C=O) groups is 2. The van der Waals surface area contributed by atoms with Crippen LogP contribution in [-0.4, -0.2) is 29.6 Å². The summed E-state index contributed by atoms with van der Waals surface area (Å²) >= 11 is 6.17. The number of rotatable bonds is 5. The van der Waals surface area contributed by atoms with Gasteiger partial charge in [-0.3, -0.25) is 4.79 Å². The summed E-state index contributed by atoms with van der Waals surface area (Å²) < 4.78 is 0. The summed E-state index contributed by atoms with van der Waals surface area (Å²) in [5.41, 5.74) is 5.80. The van der Waals surface area contributed by atoms with E-state index in [9.17, 15) is 14.7 Å². The molecule has 0 aromatic heterocycles. The molecule has 0 saturated heterocycles. The predicted molar refractivity (Wildman–Crippen MR) is 77.2 cm³/mol. The van der Waals surface area contributed by atoms with Crippen molar-refractivity contribution in [2.75, 3.05) is 11.4 Å². The molecular weight excluding hydrogens is 280 g/mol. The topological polar surface area (TPSA) is 83.6 Å². The number of para-hydroxylation sites is 1. The Morgan fingerprint density at radius 2 is 2.00 bits per heavy atom. The lowest BCUT2D eigenvalue weighted by atomic mass is 10.1. The highest BCUT2D eigenvalue weighted by Gasteiger charge is 2.28. The average Bonchev–Trinajstić information content (AvgIpc) is 2.89. The summed E-state index contributed by atoms with van der Waals surface area (Å²) in [4.78, 5) is 24.5. The minimum absolute atomic E-state index is 0.0192. The zero-order valence-electron chi connectivity index (χ0n) is 11.0. The van der Waals surface area contributed by atoms with Gasteiger partial charge >= 0.3 is 5.97 Å². The maximum Gasteiger partial charge on any atom is 0.337 e. The highest BCUT2D eigenvalue weighted by Crippen LogP contribution is 2.35. The Bertz CT molecular complexity index is 527. The van der Waals surface area contributed by atoms with Crippen LogP contribution in [0.15, 0.2) is 18.2 Å². The van der Waals surface area contributed by atoms with Gasteiger partial charge in [0.1, 0.15) is 0 Å². The van der Waals surface area contributed by atoms with Crippen LogP contribution in [-0.2, 0) is 4.79 Å². The van der Waals surface area contributed by atoms with Gasteiger partial charge in [-0.1, -0.05) is 30.5 Å². The van der Waals surface area contributed by atoms with Crippen LogP contribution >= 0.6 is 11.6 Å². The molecule has 0 spiro atoms. The SMILES string of the molecule is NC(=O)CN(c1c(Cl)cccc1C(=O)O)C1CCCC1. The zero-order chi connectivity index (χ0) is 14.7. The fourth-order valence-corrected chi connectivity index (χ4v) is 3.04. The standard InChI is InChI=1S/C14H17ClN2O3/c15-11-7-3-6-10(14(19)20)13(11)17(8-12(16)18)9-4-1-2-5-9/h3,6-7,9H,1-2,4-5,8H2,(H2,16,18)(H,19,20). The summed E-state index contributed by atoms with van der Waals surface area (Å²) in [6, 6.07) is 4.83.